The summed E-state index contributed by atoms with van der Waals surface area (Å²) in [5.74, 6) is -1.04. The summed E-state index contributed by atoms with van der Waals surface area (Å²) in [4.78, 5) is 35.6. The molecular weight excluding hydrogens is 342 g/mol. The van der Waals surface area contributed by atoms with Crippen molar-refractivity contribution >= 4 is 34.7 Å². The van der Waals surface area contributed by atoms with Crippen LogP contribution in [0.3, 0.4) is 0 Å². The van der Waals surface area contributed by atoms with Crippen molar-refractivity contribution in [2.24, 2.45) is 0 Å². The predicted molar refractivity (Wildman–Crippen MR) is 92.0 cm³/mol. The second kappa shape index (κ2) is 7.59. The van der Waals surface area contributed by atoms with Crippen LogP contribution >= 0.6 is 11.3 Å². The predicted octanol–water partition coefficient (Wildman–Crippen LogP) is 3.63. The van der Waals surface area contributed by atoms with Crippen molar-refractivity contribution in [1.29, 1.82) is 0 Å². The fourth-order valence-corrected chi connectivity index (χ4v) is 2.64. The van der Waals surface area contributed by atoms with E-state index in [-0.39, 0.29) is 24.1 Å². The Bertz CT molecular complexity index is 867. The molecule has 3 aromatic rings. The molecule has 0 unspecified atom stereocenters. The summed E-state index contributed by atoms with van der Waals surface area (Å²) >= 11 is 1.38. The summed E-state index contributed by atoms with van der Waals surface area (Å²) in [7, 11) is 0. The fourth-order valence-electron chi connectivity index (χ4n) is 2.02. The summed E-state index contributed by atoms with van der Waals surface area (Å²) in [6.07, 6.45) is 1.41. The quantitative estimate of drug-likeness (QED) is 0.539. The Labute approximate surface area is 147 Å². The van der Waals surface area contributed by atoms with E-state index in [9.17, 15) is 14.4 Å². The van der Waals surface area contributed by atoms with Crippen molar-refractivity contribution in [3.05, 3.63) is 76.4 Å². The van der Waals surface area contributed by atoms with Crippen molar-refractivity contribution in [3.63, 3.8) is 0 Å². The highest BCUT2D eigenvalue weighted by Crippen LogP contribution is 2.13. The van der Waals surface area contributed by atoms with Gasteiger partial charge in [-0.25, -0.2) is 4.79 Å². The van der Waals surface area contributed by atoms with Gasteiger partial charge in [0.1, 0.15) is 0 Å². The molecule has 0 radical (unpaired) electrons. The van der Waals surface area contributed by atoms with Gasteiger partial charge in [0, 0.05) is 16.6 Å². The average molecular weight is 355 g/mol. The standard InChI is InChI=1S/C18H13NO5S/c20-15(10-24-18(22)13-7-9-25-11-13)12-3-5-14(6-4-12)19-17(21)16-2-1-8-23-16/h1-9,11H,10H2,(H,19,21). The number of ketones is 1. The number of furan rings is 1. The van der Waals surface area contributed by atoms with Crippen LogP contribution in [-0.4, -0.2) is 24.3 Å². The molecule has 0 fully saturated rings. The lowest BCUT2D eigenvalue weighted by molar-refractivity contribution is 0.0475. The highest BCUT2D eigenvalue weighted by Gasteiger charge is 2.13. The molecule has 0 aliphatic carbocycles. The number of ether oxygens (including phenoxy) is 1. The van der Waals surface area contributed by atoms with Gasteiger partial charge in [0.2, 0.25) is 0 Å². The van der Waals surface area contributed by atoms with E-state index in [2.05, 4.69) is 5.32 Å². The van der Waals surface area contributed by atoms with Gasteiger partial charge in [0.05, 0.1) is 11.8 Å². The minimum atomic E-state index is -0.531. The molecule has 2 aromatic heterocycles. The third-order valence-corrected chi connectivity index (χ3v) is 3.98. The minimum Gasteiger partial charge on any atom is -0.459 e. The summed E-state index contributed by atoms with van der Waals surface area (Å²) in [6, 6.07) is 11.1. The fraction of sp³-hybridized carbons (Fsp3) is 0.0556. The van der Waals surface area contributed by atoms with Crippen LogP contribution in [0, 0.1) is 0 Å². The highest BCUT2D eigenvalue weighted by atomic mass is 32.1. The monoisotopic (exact) mass is 355 g/mol. The number of anilines is 1. The topological polar surface area (TPSA) is 85.6 Å². The largest absolute Gasteiger partial charge is 0.459 e. The second-order valence-electron chi connectivity index (χ2n) is 5.02. The Morgan fingerprint density at radius 2 is 1.84 bits per heavy atom. The number of amides is 1. The number of rotatable bonds is 6. The van der Waals surface area contributed by atoms with Crippen LogP contribution in [0.2, 0.25) is 0 Å². The van der Waals surface area contributed by atoms with Gasteiger partial charge in [-0.1, -0.05) is 0 Å². The Balaban J connectivity index is 1.55. The first-order valence-electron chi connectivity index (χ1n) is 7.31. The smallest absolute Gasteiger partial charge is 0.339 e. The molecule has 6 nitrogen and oxygen atoms in total. The van der Waals surface area contributed by atoms with Crippen LogP contribution in [0.5, 0.6) is 0 Å². The first-order valence-corrected chi connectivity index (χ1v) is 8.25. The molecule has 0 aliphatic rings. The van der Waals surface area contributed by atoms with E-state index in [1.165, 1.54) is 17.6 Å². The van der Waals surface area contributed by atoms with Crippen LogP contribution in [0.1, 0.15) is 31.3 Å². The van der Waals surface area contributed by atoms with Crippen molar-refractivity contribution in [1.82, 2.24) is 0 Å². The Morgan fingerprint density at radius 3 is 2.48 bits per heavy atom. The van der Waals surface area contributed by atoms with E-state index in [4.69, 9.17) is 9.15 Å². The van der Waals surface area contributed by atoms with Gasteiger partial charge in [-0.2, -0.15) is 11.3 Å². The lowest BCUT2D eigenvalue weighted by atomic mass is 10.1. The summed E-state index contributed by atoms with van der Waals surface area (Å²) < 4.78 is 9.98. The molecule has 25 heavy (non-hydrogen) atoms. The molecule has 0 saturated heterocycles. The van der Waals surface area contributed by atoms with Gasteiger partial charge in [0.25, 0.3) is 5.91 Å². The molecule has 0 saturated carbocycles. The molecule has 3 rings (SSSR count). The number of Topliss-reactive ketones (excluding diaryl/α,β-unsaturated/α-hetero) is 1. The molecule has 1 amide bonds. The van der Waals surface area contributed by atoms with Crippen molar-refractivity contribution in [3.8, 4) is 0 Å². The molecule has 126 valence electrons. The van der Waals surface area contributed by atoms with E-state index in [1.807, 2.05) is 0 Å². The first kappa shape index (κ1) is 16.7. The molecular formula is C18H13NO5S. The number of carbonyl (C=O) groups is 3. The molecule has 1 N–H and O–H groups in total. The van der Waals surface area contributed by atoms with Crippen LogP contribution in [-0.2, 0) is 4.74 Å². The third-order valence-electron chi connectivity index (χ3n) is 3.30. The maximum absolute atomic E-state index is 12.1. The molecule has 7 heteroatoms. The number of benzene rings is 1. The van der Waals surface area contributed by atoms with Crippen molar-refractivity contribution in [2.75, 3.05) is 11.9 Å². The third kappa shape index (κ3) is 4.21. The maximum Gasteiger partial charge on any atom is 0.339 e. The van der Waals surface area contributed by atoms with Crippen molar-refractivity contribution < 1.29 is 23.5 Å². The Morgan fingerprint density at radius 1 is 1.04 bits per heavy atom. The maximum atomic E-state index is 12.1. The van der Waals surface area contributed by atoms with E-state index in [1.54, 1.807) is 53.2 Å². The molecule has 0 atom stereocenters. The number of hydrogen-bond donors (Lipinski definition) is 1. The number of esters is 1. The minimum absolute atomic E-state index is 0.195. The average Bonchev–Trinajstić information content (AvgIpc) is 3.33. The summed E-state index contributed by atoms with van der Waals surface area (Å²) in [5, 5.41) is 6.07. The van der Waals surface area contributed by atoms with Gasteiger partial charge in [-0.3, -0.25) is 9.59 Å². The zero-order valence-corrected chi connectivity index (χ0v) is 13.7. The number of hydrogen-bond acceptors (Lipinski definition) is 6. The Hall–Kier alpha value is -3.19. The summed E-state index contributed by atoms with van der Waals surface area (Å²) in [5.41, 5.74) is 1.33. The number of nitrogens with one attached hydrogen (secondary N) is 1. The molecule has 0 spiro atoms. The number of carbonyl (C=O) groups excluding carboxylic acids is 3. The number of thiophene rings is 1. The molecule has 1 aromatic carbocycles. The van der Waals surface area contributed by atoms with Crippen molar-refractivity contribution in [2.45, 2.75) is 0 Å². The first-order chi connectivity index (χ1) is 12.1. The van der Waals surface area contributed by atoms with Gasteiger partial charge in [0.15, 0.2) is 18.2 Å². The second-order valence-corrected chi connectivity index (χ2v) is 5.80. The SMILES string of the molecule is O=C(COC(=O)c1ccsc1)c1ccc(NC(=O)c2ccco2)cc1. The van der Waals surface area contributed by atoms with Gasteiger partial charge < -0.3 is 14.5 Å². The van der Waals surface area contributed by atoms with Gasteiger partial charge in [-0.15, -0.1) is 0 Å². The summed E-state index contributed by atoms with van der Waals surface area (Å²) in [6.45, 7) is -0.340. The Kier molecular flexibility index (Phi) is 5.06. The van der Waals surface area contributed by atoms with Crippen LogP contribution in [0.25, 0.3) is 0 Å². The van der Waals surface area contributed by atoms with Crippen LogP contribution in [0.15, 0.2) is 63.9 Å². The molecule has 0 bridgehead atoms. The molecule has 0 aliphatic heterocycles. The van der Waals surface area contributed by atoms with E-state index >= 15 is 0 Å². The zero-order valence-electron chi connectivity index (χ0n) is 12.9. The van der Waals surface area contributed by atoms with Crippen LogP contribution in [0.4, 0.5) is 5.69 Å². The lowest BCUT2D eigenvalue weighted by Gasteiger charge is -2.06. The zero-order chi connectivity index (χ0) is 17.6. The normalized spacial score (nSPS) is 10.2. The molecule has 2 heterocycles. The van der Waals surface area contributed by atoms with Gasteiger partial charge >= 0.3 is 5.97 Å². The van der Waals surface area contributed by atoms with E-state index in [0.717, 1.165) is 0 Å². The van der Waals surface area contributed by atoms with E-state index in [0.29, 0.717) is 16.8 Å². The lowest BCUT2D eigenvalue weighted by Crippen LogP contribution is -2.14. The van der Waals surface area contributed by atoms with Crippen LogP contribution < -0.4 is 5.32 Å². The highest BCUT2D eigenvalue weighted by molar-refractivity contribution is 7.08. The van der Waals surface area contributed by atoms with Gasteiger partial charge in [-0.05, 0) is 47.8 Å². The van der Waals surface area contributed by atoms with E-state index < -0.39 is 5.97 Å².